The maximum atomic E-state index is 13.5. The van der Waals surface area contributed by atoms with E-state index in [0.29, 0.717) is 54.5 Å². The highest BCUT2D eigenvalue weighted by atomic mass is 16.5. The summed E-state index contributed by atoms with van der Waals surface area (Å²) in [7, 11) is 3.17. The van der Waals surface area contributed by atoms with E-state index in [1.807, 2.05) is 11.0 Å². The van der Waals surface area contributed by atoms with E-state index in [-0.39, 0.29) is 12.5 Å². The Morgan fingerprint density at radius 2 is 1.67 bits per heavy atom. The van der Waals surface area contributed by atoms with Crippen molar-refractivity contribution in [1.29, 1.82) is 0 Å². The lowest BCUT2D eigenvalue weighted by molar-refractivity contribution is -0.138. The number of carbonyl (C=O) groups is 3. The predicted molar refractivity (Wildman–Crippen MR) is 123 cm³/mol. The van der Waals surface area contributed by atoms with Crippen LogP contribution in [0.5, 0.6) is 0 Å². The normalized spacial score (nSPS) is 13.6. The zero-order valence-electron chi connectivity index (χ0n) is 19.0. The number of nitrogens with zero attached hydrogens (tertiary/aromatic N) is 3. The SMILES string of the molecule is COCCN(CCOC)C1=C(c2ccc(NC(C)=O)cc2)C(=O)N(Cc2ccccn2)C1=O. The minimum Gasteiger partial charge on any atom is -0.383 e. The second-order valence-corrected chi connectivity index (χ2v) is 7.47. The average Bonchev–Trinajstić information content (AvgIpc) is 3.05. The molecule has 0 unspecified atom stereocenters. The molecule has 9 nitrogen and oxygen atoms in total. The molecule has 2 aromatic rings. The van der Waals surface area contributed by atoms with E-state index >= 15 is 0 Å². The van der Waals surface area contributed by atoms with E-state index < -0.39 is 11.8 Å². The molecule has 3 rings (SSSR count). The van der Waals surface area contributed by atoms with Gasteiger partial charge in [-0.15, -0.1) is 0 Å². The number of carbonyl (C=O) groups excluding carboxylic acids is 3. The zero-order chi connectivity index (χ0) is 23.8. The summed E-state index contributed by atoms with van der Waals surface area (Å²) in [6, 6.07) is 12.2. The summed E-state index contributed by atoms with van der Waals surface area (Å²) in [6.07, 6.45) is 1.62. The quantitative estimate of drug-likeness (QED) is 0.520. The fraction of sp³-hybridized carbons (Fsp3) is 0.333. The first-order valence-electron chi connectivity index (χ1n) is 10.6. The number of pyridine rings is 1. The number of amides is 3. The molecule has 1 aromatic heterocycles. The van der Waals surface area contributed by atoms with Gasteiger partial charge in [-0.25, -0.2) is 0 Å². The van der Waals surface area contributed by atoms with Crippen LogP contribution in [0.25, 0.3) is 5.57 Å². The van der Waals surface area contributed by atoms with Crippen LogP contribution in [-0.4, -0.2) is 73.0 Å². The van der Waals surface area contributed by atoms with Crippen molar-refractivity contribution >= 4 is 29.0 Å². The summed E-state index contributed by atoms with van der Waals surface area (Å²) in [6.45, 7) is 3.08. The summed E-state index contributed by atoms with van der Waals surface area (Å²) in [5, 5.41) is 2.70. The highest BCUT2D eigenvalue weighted by molar-refractivity contribution is 6.35. The number of aromatic nitrogens is 1. The molecule has 9 heteroatoms. The maximum Gasteiger partial charge on any atom is 0.278 e. The molecular formula is C24H28N4O5. The average molecular weight is 453 g/mol. The summed E-state index contributed by atoms with van der Waals surface area (Å²) in [5.74, 6) is -0.979. The molecule has 1 aromatic carbocycles. The molecule has 0 spiro atoms. The van der Waals surface area contributed by atoms with Gasteiger partial charge in [-0.2, -0.15) is 0 Å². The molecule has 0 bridgehead atoms. The van der Waals surface area contributed by atoms with Crippen molar-refractivity contribution in [3.05, 3.63) is 65.6 Å². The maximum absolute atomic E-state index is 13.5. The van der Waals surface area contributed by atoms with Gasteiger partial charge in [0.15, 0.2) is 0 Å². The number of imide groups is 1. The van der Waals surface area contributed by atoms with Crippen LogP contribution in [-0.2, 0) is 30.4 Å². The Balaban J connectivity index is 2.02. The van der Waals surface area contributed by atoms with Gasteiger partial charge in [0.2, 0.25) is 5.91 Å². The van der Waals surface area contributed by atoms with Crippen LogP contribution in [0.3, 0.4) is 0 Å². The molecular weight excluding hydrogens is 424 g/mol. The predicted octanol–water partition coefficient (Wildman–Crippen LogP) is 1.91. The van der Waals surface area contributed by atoms with Crippen LogP contribution in [0.2, 0.25) is 0 Å². The Kier molecular flexibility index (Phi) is 8.28. The van der Waals surface area contributed by atoms with Gasteiger partial charge in [0, 0.05) is 46.1 Å². The Morgan fingerprint density at radius 1 is 1.00 bits per heavy atom. The Morgan fingerprint density at radius 3 is 2.21 bits per heavy atom. The van der Waals surface area contributed by atoms with Crippen molar-refractivity contribution in [2.75, 3.05) is 45.8 Å². The molecule has 0 fully saturated rings. The lowest BCUT2D eigenvalue weighted by atomic mass is 10.0. The molecule has 2 heterocycles. The Labute approximate surface area is 193 Å². The summed E-state index contributed by atoms with van der Waals surface area (Å²) >= 11 is 0. The third kappa shape index (κ3) is 5.82. The number of rotatable bonds is 11. The first-order valence-corrected chi connectivity index (χ1v) is 10.6. The smallest absolute Gasteiger partial charge is 0.278 e. The van der Waals surface area contributed by atoms with Crippen molar-refractivity contribution in [2.45, 2.75) is 13.5 Å². The third-order valence-electron chi connectivity index (χ3n) is 5.13. The number of hydrogen-bond acceptors (Lipinski definition) is 7. The monoisotopic (exact) mass is 452 g/mol. The molecule has 1 N–H and O–H groups in total. The van der Waals surface area contributed by atoms with Gasteiger partial charge in [0.1, 0.15) is 5.70 Å². The van der Waals surface area contributed by atoms with Crippen molar-refractivity contribution in [1.82, 2.24) is 14.8 Å². The topological polar surface area (TPSA) is 101 Å². The van der Waals surface area contributed by atoms with Crippen molar-refractivity contribution in [3.8, 4) is 0 Å². The lowest BCUT2D eigenvalue weighted by Gasteiger charge is -2.25. The van der Waals surface area contributed by atoms with Gasteiger partial charge in [-0.1, -0.05) is 18.2 Å². The molecule has 174 valence electrons. The minimum atomic E-state index is -0.396. The van der Waals surface area contributed by atoms with Crippen LogP contribution in [0, 0.1) is 0 Å². The molecule has 1 aliphatic heterocycles. The van der Waals surface area contributed by atoms with E-state index in [2.05, 4.69) is 10.3 Å². The molecule has 3 amide bonds. The fourth-order valence-corrected chi connectivity index (χ4v) is 3.58. The van der Waals surface area contributed by atoms with Gasteiger partial charge < -0.3 is 19.7 Å². The second kappa shape index (κ2) is 11.3. The highest BCUT2D eigenvalue weighted by Crippen LogP contribution is 2.33. The van der Waals surface area contributed by atoms with Crippen LogP contribution < -0.4 is 5.32 Å². The number of ether oxygens (including phenoxy) is 2. The number of anilines is 1. The first kappa shape index (κ1) is 24.1. The van der Waals surface area contributed by atoms with Gasteiger partial charge in [-0.05, 0) is 29.8 Å². The summed E-state index contributed by atoms with van der Waals surface area (Å²) < 4.78 is 10.4. The molecule has 0 radical (unpaired) electrons. The molecule has 0 saturated heterocycles. The van der Waals surface area contributed by atoms with Gasteiger partial charge >= 0.3 is 0 Å². The van der Waals surface area contributed by atoms with Crippen LogP contribution in [0.4, 0.5) is 5.69 Å². The van der Waals surface area contributed by atoms with Crippen LogP contribution in [0.1, 0.15) is 18.2 Å². The van der Waals surface area contributed by atoms with E-state index in [0.717, 1.165) is 0 Å². The summed E-state index contributed by atoms with van der Waals surface area (Å²) in [5.41, 5.74) is 2.41. The Hall–Kier alpha value is -3.56. The van der Waals surface area contributed by atoms with E-state index in [9.17, 15) is 14.4 Å². The first-order chi connectivity index (χ1) is 16.0. The third-order valence-corrected chi connectivity index (χ3v) is 5.13. The summed E-state index contributed by atoms with van der Waals surface area (Å²) in [4.78, 5) is 45.7. The highest BCUT2D eigenvalue weighted by Gasteiger charge is 2.41. The van der Waals surface area contributed by atoms with Gasteiger partial charge in [-0.3, -0.25) is 24.3 Å². The minimum absolute atomic E-state index is 0.0673. The molecule has 0 aliphatic carbocycles. The van der Waals surface area contributed by atoms with Crippen LogP contribution in [0.15, 0.2) is 54.4 Å². The molecule has 33 heavy (non-hydrogen) atoms. The second-order valence-electron chi connectivity index (χ2n) is 7.47. The van der Waals surface area contributed by atoms with Crippen LogP contribution >= 0.6 is 0 Å². The lowest BCUT2D eigenvalue weighted by Crippen LogP contribution is -2.37. The number of benzene rings is 1. The fourth-order valence-electron chi connectivity index (χ4n) is 3.58. The number of nitrogens with one attached hydrogen (secondary N) is 1. The van der Waals surface area contributed by atoms with E-state index in [4.69, 9.17) is 9.47 Å². The van der Waals surface area contributed by atoms with E-state index in [1.165, 1.54) is 11.8 Å². The largest absolute Gasteiger partial charge is 0.383 e. The molecule has 1 aliphatic rings. The number of methoxy groups -OCH3 is 2. The standard InChI is InChI=1S/C24H28N4O5/c1-17(29)26-19-9-7-18(8-10-19)21-22(27(12-14-32-2)13-15-33-3)24(31)28(23(21)30)16-20-6-4-5-11-25-20/h4-11H,12-16H2,1-3H3,(H,26,29). The Bertz CT molecular complexity index is 1010. The van der Waals surface area contributed by atoms with Crippen molar-refractivity contribution in [2.24, 2.45) is 0 Å². The van der Waals surface area contributed by atoms with Crippen molar-refractivity contribution < 1.29 is 23.9 Å². The molecule has 0 atom stereocenters. The molecule has 0 saturated carbocycles. The van der Waals surface area contributed by atoms with Gasteiger partial charge in [0.25, 0.3) is 11.8 Å². The van der Waals surface area contributed by atoms with Crippen molar-refractivity contribution in [3.63, 3.8) is 0 Å². The zero-order valence-corrected chi connectivity index (χ0v) is 19.0. The van der Waals surface area contributed by atoms with E-state index in [1.54, 1.807) is 56.8 Å². The number of hydrogen-bond donors (Lipinski definition) is 1. The van der Waals surface area contributed by atoms with Gasteiger partial charge in [0.05, 0.1) is 31.0 Å².